The van der Waals surface area contributed by atoms with Crippen LogP contribution in [0.5, 0.6) is 0 Å². The fraction of sp³-hybridized carbons (Fsp3) is 0.600. The molecular formula is C15H24N2O2S. The van der Waals surface area contributed by atoms with Crippen LogP contribution in [0.3, 0.4) is 0 Å². The first kappa shape index (κ1) is 15.3. The maximum atomic E-state index is 12.2. The maximum absolute atomic E-state index is 12.2. The molecule has 4 nitrogen and oxygen atoms in total. The molecule has 0 spiro atoms. The summed E-state index contributed by atoms with van der Waals surface area (Å²) in [5, 5.41) is 6.70. The summed E-state index contributed by atoms with van der Waals surface area (Å²) in [6.07, 6.45) is 4.23. The molecular weight excluding hydrogens is 272 g/mol. The summed E-state index contributed by atoms with van der Waals surface area (Å²) in [5.41, 5.74) is 0.729. The highest BCUT2D eigenvalue weighted by molar-refractivity contribution is 7.91. The zero-order valence-corrected chi connectivity index (χ0v) is 12.9. The lowest BCUT2D eigenvalue weighted by molar-refractivity contribution is 0.595. The van der Waals surface area contributed by atoms with Gasteiger partial charge in [0, 0.05) is 12.6 Å². The minimum Gasteiger partial charge on any atom is -0.384 e. The summed E-state index contributed by atoms with van der Waals surface area (Å²) in [6.45, 7) is 3.66. The fourth-order valence-corrected chi connectivity index (χ4v) is 3.69. The van der Waals surface area contributed by atoms with Crippen LogP contribution in [0.25, 0.3) is 0 Å². The number of nitrogens with one attached hydrogen (secondary N) is 2. The lowest BCUT2D eigenvalue weighted by atomic mass is 10.3. The highest BCUT2D eigenvalue weighted by Gasteiger charge is 2.19. The van der Waals surface area contributed by atoms with E-state index in [0.717, 1.165) is 31.2 Å². The van der Waals surface area contributed by atoms with Gasteiger partial charge in [0.15, 0.2) is 9.84 Å². The van der Waals surface area contributed by atoms with E-state index in [4.69, 9.17) is 0 Å². The Kier molecular flexibility index (Phi) is 5.43. The Morgan fingerprint density at radius 1 is 1.20 bits per heavy atom. The van der Waals surface area contributed by atoms with E-state index in [1.807, 2.05) is 19.1 Å². The Labute approximate surface area is 121 Å². The lowest BCUT2D eigenvalue weighted by Crippen LogP contribution is -2.20. The number of hydrogen-bond donors (Lipinski definition) is 2. The largest absolute Gasteiger partial charge is 0.384 e. The van der Waals surface area contributed by atoms with Gasteiger partial charge in [-0.1, -0.05) is 19.1 Å². The average molecular weight is 296 g/mol. The molecule has 1 saturated carbocycles. The molecule has 0 heterocycles. The van der Waals surface area contributed by atoms with Crippen molar-refractivity contribution in [3.63, 3.8) is 0 Å². The van der Waals surface area contributed by atoms with E-state index in [1.54, 1.807) is 12.1 Å². The van der Waals surface area contributed by atoms with Crippen molar-refractivity contribution in [2.45, 2.75) is 43.5 Å². The predicted molar refractivity (Wildman–Crippen MR) is 82.9 cm³/mol. The summed E-state index contributed by atoms with van der Waals surface area (Å²) in [5.74, 6) is 0.203. The first-order valence-corrected chi connectivity index (χ1v) is 9.08. The molecule has 0 saturated heterocycles. The van der Waals surface area contributed by atoms with Gasteiger partial charge < -0.3 is 10.6 Å². The quantitative estimate of drug-likeness (QED) is 0.687. The minimum absolute atomic E-state index is 0.203. The standard InChI is InChI=1S/C15H24N2O2S/c1-2-12-20(18,19)15-7-4-3-6-14(15)17-11-5-10-16-13-8-9-13/h3-4,6-7,13,16-17H,2,5,8-12H2,1H3. The van der Waals surface area contributed by atoms with E-state index < -0.39 is 9.84 Å². The predicted octanol–water partition coefficient (Wildman–Crippen LogP) is 2.42. The van der Waals surface area contributed by atoms with E-state index in [-0.39, 0.29) is 5.75 Å². The molecule has 112 valence electrons. The monoisotopic (exact) mass is 296 g/mol. The first-order valence-electron chi connectivity index (χ1n) is 7.42. The second kappa shape index (κ2) is 7.09. The molecule has 1 aliphatic carbocycles. The Bertz CT molecular complexity index is 524. The second-order valence-electron chi connectivity index (χ2n) is 5.32. The van der Waals surface area contributed by atoms with E-state index >= 15 is 0 Å². The van der Waals surface area contributed by atoms with Crippen LogP contribution < -0.4 is 10.6 Å². The highest BCUT2D eigenvalue weighted by Crippen LogP contribution is 2.22. The topological polar surface area (TPSA) is 58.2 Å². The van der Waals surface area contributed by atoms with E-state index in [9.17, 15) is 8.42 Å². The lowest BCUT2D eigenvalue weighted by Gasteiger charge is -2.12. The number of benzene rings is 1. The van der Waals surface area contributed by atoms with Crippen LogP contribution in [-0.2, 0) is 9.84 Å². The molecule has 2 rings (SSSR count). The van der Waals surface area contributed by atoms with Crippen molar-refractivity contribution in [2.75, 3.05) is 24.2 Å². The SMILES string of the molecule is CCCS(=O)(=O)c1ccccc1NCCCNC1CC1. The molecule has 0 amide bonds. The molecule has 0 atom stereocenters. The number of sulfone groups is 1. The third-order valence-corrected chi connectivity index (χ3v) is 5.35. The molecule has 2 N–H and O–H groups in total. The zero-order chi connectivity index (χ0) is 14.4. The van der Waals surface area contributed by atoms with Crippen LogP contribution in [0, 0.1) is 0 Å². The minimum atomic E-state index is -3.17. The third kappa shape index (κ3) is 4.49. The van der Waals surface area contributed by atoms with Gasteiger partial charge in [-0.05, 0) is 44.4 Å². The summed E-state index contributed by atoms with van der Waals surface area (Å²) in [6, 6.07) is 7.91. The molecule has 0 aromatic heterocycles. The molecule has 20 heavy (non-hydrogen) atoms. The third-order valence-electron chi connectivity index (χ3n) is 3.37. The van der Waals surface area contributed by atoms with Crippen LogP contribution in [0.1, 0.15) is 32.6 Å². The molecule has 5 heteroatoms. The highest BCUT2D eigenvalue weighted by atomic mass is 32.2. The number of anilines is 1. The van der Waals surface area contributed by atoms with Crippen molar-refractivity contribution in [1.29, 1.82) is 0 Å². The molecule has 0 unspecified atom stereocenters. The molecule has 0 bridgehead atoms. The van der Waals surface area contributed by atoms with Gasteiger partial charge in [-0.2, -0.15) is 0 Å². The van der Waals surface area contributed by atoms with Gasteiger partial charge in [0.2, 0.25) is 0 Å². The molecule has 1 aliphatic rings. The average Bonchev–Trinajstić information content (AvgIpc) is 3.23. The van der Waals surface area contributed by atoms with Crippen LogP contribution in [0.4, 0.5) is 5.69 Å². The summed E-state index contributed by atoms with van der Waals surface area (Å²) >= 11 is 0. The van der Waals surface area contributed by atoms with Gasteiger partial charge >= 0.3 is 0 Å². The van der Waals surface area contributed by atoms with Crippen molar-refractivity contribution in [1.82, 2.24) is 5.32 Å². The Hall–Kier alpha value is -1.07. The first-order chi connectivity index (χ1) is 9.63. The van der Waals surface area contributed by atoms with Crippen LogP contribution in [-0.4, -0.2) is 33.3 Å². The van der Waals surface area contributed by atoms with Crippen molar-refractivity contribution < 1.29 is 8.42 Å². The van der Waals surface area contributed by atoms with Gasteiger partial charge in [0.1, 0.15) is 0 Å². The summed E-state index contributed by atoms with van der Waals surface area (Å²) in [7, 11) is -3.17. The van der Waals surface area contributed by atoms with E-state index in [2.05, 4.69) is 10.6 Å². The van der Waals surface area contributed by atoms with Crippen molar-refractivity contribution in [2.24, 2.45) is 0 Å². The van der Waals surface area contributed by atoms with Crippen LogP contribution in [0.15, 0.2) is 29.2 Å². The van der Waals surface area contributed by atoms with Crippen molar-refractivity contribution >= 4 is 15.5 Å². The van der Waals surface area contributed by atoms with Crippen molar-refractivity contribution in [3.8, 4) is 0 Å². The Morgan fingerprint density at radius 2 is 1.95 bits per heavy atom. The van der Waals surface area contributed by atoms with Gasteiger partial charge in [-0.3, -0.25) is 0 Å². The van der Waals surface area contributed by atoms with Gasteiger partial charge in [-0.25, -0.2) is 8.42 Å². The smallest absolute Gasteiger partial charge is 0.180 e. The second-order valence-corrected chi connectivity index (χ2v) is 7.40. The van der Waals surface area contributed by atoms with Crippen molar-refractivity contribution in [3.05, 3.63) is 24.3 Å². The molecule has 1 aromatic carbocycles. The number of hydrogen-bond acceptors (Lipinski definition) is 4. The number of rotatable bonds is 9. The van der Waals surface area contributed by atoms with Gasteiger partial charge in [0.05, 0.1) is 16.3 Å². The van der Waals surface area contributed by atoms with Crippen LogP contribution >= 0.6 is 0 Å². The van der Waals surface area contributed by atoms with Gasteiger partial charge in [-0.15, -0.1) is 0 Å². The van der Waals surface area contributed by atoms with E-state index in [0.29, 0.717) is 11.3 Å². The molecule has 0 radical (unpaired) electrons. The Balaban J connectivity index is 1.89. The van der Waals surface area contributed by atoms with Crippen LogP contribution in [0.2, 0.25) is 0 Å². The molecule has 1 aromatic rings. The van der Waals surface area contributed by atoms with Gasteiger partial charge in [0.25, 0.3) is 0 Å². The molecule has 0 aliphatic heterocycles. The summed E-state index contributed by atoms with van der Waals surface area (Å²) < 4.78 is 24.4. The maximum Gasteiger partial charge on any atom is 0.180 e. The fourth-order valence-electron chi connectivity index (χ4n) is 2.17. The summed E-state index contributed by atoms with van der Waals surface area (Å²) in [4.78, 5) is 0.428. The molecule has 1 fully saturated rings. The van der Waals surface area contributed by atoms with E-state index in [1.165, 1.54) is 12.8 Å². The number of para-hydroxylation sites is 1. The normalized spacial score (nSPS) is 15.2. The zero-order valence-electron chi connectivity index (χ0n) is 12.1. The Morgan fingerprint density at radius 3 is 2.65 bits per heavy atom.